The van der Waals surface area contributed by atoms with Crippen molar-refractivity contribution < 1.29 is 37.6 Å². The molecule has 1 heteroatoms. The molecule has 1 aliphatic rings. The molecule has 0 bridgehead atoms. The van der Waals surface area contributed by atoms with E-state index in [1.165, 1.54) is 0 Å². The first-order chi connectivity index (χ1) is 31.3. The minimum atomic E-state index is -0.935. The molecule has 0 N–H and O–H groups in total. The highest BCUT2D eigenvalue weighted by Gasteiger charge is 2.21. The van der Waals surface area contributed by atoms with Gasteiger partial charge in [-0.3, -0.25) is 0 Å². The van der Waals surface area contributed by atoms with Gasteiger partial charge in [0, 0.05) is 10.9 Å². The zero-order chi connectivity index (χ0) is 49.0. The number of ether oxygens (including phenoxy) is 1. The summed E-state index contributed by atoms with van der Waals surface area (Å²) in [4.78, 5) is 0. The van der Waals surface area contributed by atoms with E-state index in [0.29, 0.717) is 0 Å². The smallest absolute Gasteiger partial charge is 0.135 e. The van der Waals surface area contributed by atoms with Crippen LogP contribution < -0.4 is 4.74 Å². The molecule has 198 valence electrons. The van der Waals surface area contributed by atoms with Gasteiger partial charge >= 0.3 is 0 Å². The van der Waals surface area contributed by atoms with Gasteiger partial charge in [0.2, 0.25) is 0 Å². The van der Waals surface area contributed by atoms with Crippen LogP contribution in [0.25, 0.3) is 87.2 Å². The van der Waals surface area contributed by atoms with Crippen molar-refractivity contribution in [3.63, 3.8) is 0 Å². The third-order valence-corrected chi connectivity index (χ3v) is 7.45. The summed E-state index contributed by atoms with van der Waals surface area (Å²) in [5, 5.41) is -4.15. The second kappa shape index (κ2) is 8.44. The summed E-state index contributed by atoms with van der Waals surface area (Å²) < 4.78 is 221. The summed E-state index contributed by atoms with van der Waals surface area (Å²) in [6.45, 7) is 0. The van der Waals surface area contributed by atoms with Crippen LogP contribution >= 0.6 is 0 Å². The minimum absolute atomic E-state index is 0.220. The third kappa shape index (κ3) is 3.22. The number of fused-ring (bicyclic) bond motifs is 3. The van der Waals surface area contributed by atoms with Crippen LogP contribution in [0.15, 0.2) is 145 Å². The molecule has 0 fully saturated rings. The van der Waals surface area contributed by atoms with Crippen LogP contribution in [0.5, 0.6) is 11.5 Å². The van der Waals surface area contributed by atoms with Crippen LogP contribution in [-0.2, 0) is 0 Å². The fourth-order valence-corrected chi connectivity index (χ4v) is 5.55. The highest BCUT2D eigenvalue weighted by Crippen LogP contribution is 2.48. The Bertz CT molecular complexity index is 3910. The molecule has 1 nitrogen and oxygen atoms in total. The van der Waals surface area contributed by atoms with Crippen molar-refractivity contribution in [1.82, 2.24) is 0 Å². The summed E-state index contributed by atoms with van der Waals surface area (Å²) in [5.41, 5.74) is -3.33. The maximum absolute atomic E-state index is 9.53. The number of para-hydroxylation sites is 1. The van der Waals surface area contributed by atoms with E-state index in [1.807, 2.05) is 0 Å². The van der Waals surface area contributed by atoms with E-state index >= 15 is 0 Å². The lowest BCUT2D eigenvalue weighted by molar-refractivity contribution is 0.487. The Labute approximate surface area is 282 Å². The summed E-state index contributed by atoms with van der Waals surface area (Å²) in [6, 6.07) is -18.7. The standard InChI is InChI=1S/C42H24O/c1-2-10-38-34(7-1)36-9-4-8-35-33(21-22-39(43-38)42(35)36)31-16-14-28-23-30(15-13-29(28)24-31)32-19-17-27-12-11-25-5-3-6-26-18-20-37(32)41(27)40(25)26/h1-24H/i1D,2D,3D,4D,5D,6D,7D,8D,9D,10D,11D,12D,13D,14D,15D,16D,17D,18D,19D,20D,21D,22D,23D,24D. The van der Waals surface area contributed by atoms with Crippen LogP contribution in [0.2, 0.25) is 0 Å². The van der Waals surface area contributed by atoms with E-state index < -0.39 is 211 Å². The van der Waals surface area contributed by atoms with E-state index in [1.54, 1.807) is 0 Å². The van der Waals surface area contributed by atoms with Gasteiger partial charge in [0.05, 0.1) is 32.9 Å². The number of rotatable bonds is 2. The van der Waals surface area contributed by atoms with E-state index in [4.69, 9.17) is 25.3 Å². The van der Waals surface area contributed by atoms with Crippen molar-refractivity contribution in [3.05, 3.63) is 145 Å². The molecule has 10 rings (SSSR count). The van der Waals surface area contributed by atoms with Gasteiger partial charge in [0.25, 0.3) is 0 Å². The summed E-state index contributed by atoms with van der Waals surface area (Å²) >= 11 is 0. The highest BCUT2D eigenvalue weighted by atomic mass is 16.5. The van der Waals surface area contributed by atoms with Crippen LogP contribution in [0.3, 0.4) is 0 Å². The predicted octanol–water partition coefficient (Wildman–Crippen LogP) is 12.0. The van der Waals surface area contributed by atoms with Gasteiger partial charge in [-0.1, -0.05) is 121 Å². The Morgan fingerprint density at radius 3 is 1.72 bits per heavy atom. The van der Waals surface area contributed by atoms with Crippen molar-refractivity contribution in [2.75, 3.05) is 0 Å². The molecule has 0 aromatic heterocycles. The summed E-state index contributed by atoms with van der Waals surface area (Å²) in [7, 11) is 0. The Hall–Kier alpha value is -5.66. The topological polar surface area (TPSA) is 9.23 Å². The molecule has 0 amide bonds. The zero-order valence-electron chi connectivity index (χ0n) is 45.4. The SMILES string of the molecule is [2H]c1c([2H])c([2H])c2c(c1[2H])Oc1c([2H])c([2H])c(-c3c([2H])c([2H])c4c([2H])c(-c5c([2H])c([2H])c6c([2H])c([2H])c7c([2H])c([2H])c([2H])c8c([2H])c([2H])c5c6c78)c([2H])c([2H])c4c3[2H])c3c([2H])c([2H])c([2H])c-2c13. The van der Waals surface area contributed by atoms with E-state index in [9.17, 15) is 12.3 Å². The van der Waals surface area contributed by atoms with Crippen molar-refractivity contribution in [2.24, 2.45) is 0 Å². The van der Waals surface area contributed by atoms with Gasteiger partial charge in [0.1, 0.15) is 11.5 Å². The first-order valence-corrected chi connectivity index (χ1v) is 12.9. The second-order valence-corrected chi connectivity index (χ2v) is 9.76. The molecule has 0 aliphatic carbocycles. The van der Waals surface area contributed by atoms with Crippen molar-refractivity contribution in [3.8, 4) is 44.9 Å². The minimum Gasteiger partial charge on any atom is -0.456 e. The predicted molar refractivity (Wildman–Crippen MR) is 182 cm³/mol. The maximum atomic E-state index is 9.53. The van der Waals surface area contributed by atoms with Crippen molar-refractivity contribution >= 4 is 53.9 Å². The molecule has 0 unspecified atom stereocenters. The van der Waals surface area contributed by atoms with Gasteiger partial charge < -0.3 is 4.74 Å². The quantitative estimate of drug-likeness (QED) is 0.188. The number of hydrogen-bond acceptors (Lipinski definition) is 1. The first-order valence-electron chi connectivity index (χ1n) is 24.9. The molecule has 0 saturated heterocycles. The molecule has 1 aliphatic heterocycles. The summed E-state index contributed by atoms with van der Waals surface area (Å²) in [6.07, 6.45) is 0. The van der Waals surface area contributed by atoms with Crippen LogP contribution in [0, 0.1) is 0 Å². The Morgan fingerprint density at radius 2 is 0.930 bits per heavy atom. The molecule has 9 aromatic carbocycles. The highest BCUT2D eigenvalue weighted by molar-refractivity contribution is 6.25. The fourth-order valence-electron chi connectivity index (χ4n) is 5.55. The lowest BCUT2D eigenvalue weighted by Gasteiger charge is -2.22. The molecule has 1 heterocycles. The van der Waals surface area contributed by atoms with Gasteiger partial charge in [0.15, 0.2) is 0 Å². The Morgan fingerprint density at radius 1 is 0.349 bits per heavy atom. The molecule has 43 heavy (non-hydrogen) atoms. The fraction of sp³-hybridized carbons (Fsp3) is 0. The molecule has 0 atom stereocenters. The van der Waals surface area contributed by atoms with Crippen LogP contribution in [0.4, 0.5) is 0 Å². The first kappa shape index (κ1) is 9.97. The van der Waals surface area contributed by atoms with Crippen LogP contribution in [-0.4, -0.2) is 0 Å². The third-order valence-electron chi connectivity index (χ3n) is 7.45. The summed E-state index contributed by atoms with van der Waals surface area (Å²) in [5.74, 6) is -1.06. The zero-order valence-corrected chi connectivity index (χ0v) is 21.4. The maximum Gasteiger partial charge on any atom is 0.135 e. The lowest BCUT2D eigenvalue weighted by Crippen LogP contribution is -1.97. The monoisotopic (exact) mass is 568 g/mol. The largest absolute Gasteiger partial charge is 0.456 e. The Kier molecular flexibility index (Phi) is 1.96. The molecule has 0 radical (unpaired) electrons. The van der Waals surface area contributed by atoms with Crippen LogP contribution in [0.1, 0.15) is 32.9 Å². The van der Waals surface area contributed by atoms with Crippen molar-refractivity contribution in [2.45, 2.75) is 0 Å². The van der Waals surface area contributed by atoms with E-state index in [2.05, 4.69) is 0 Å². The van der Waals surface area contributed by atoms with Crippen molar-refractivity contribution in [1.29, 1.82) is 0 Å². The van der Waals surface area contributed by atoms with E-state index in [-0.39, 0.29) is 32.5 Å². The lowest BCUT2D eigenvalue weighted by atomic mass is 9.88. The Balaban J connectivity index is 1.36. The van der Waals surface area contributed by atoms with Gasteiger partial charge in [-0.25, -0.2) is 0 Å². The second-order valence-electron chi connectivity index (χ2n) is 9.76. The molecular formula is C42H24O. The van der Waals surface area contributed by atoms with E-state index in [0.717, 1.165) is 0 Å². The normalized spacial score (nSPS) is 20.2. The number of hydrogen-bond donors (Lipinski definition) is 0. The average molecular weight is 569 g/mol. The molecule has 0 saturated carbocycles. The van der Waals surface area contributed by atoms with Gasteiger partial charge in [-0.05, 0) is 100 Å². The van der Waals surface area contributed by atoms with Gasteiger partial charge in [-0.2, -0.15) is 0 Å². The molecule has 9 aromatic rings. The average Bonchev–Trinajstić information content (AvgIpc) is 3.29. The molecule has 0 spiro atoms. The molecular weight excluding hydrogens is 520 g/mol. The van der Waals surface area contributed by atoms with Gasteiger partial charge in [-0.15, -0.1) is 0 Å². The number of benzene rings is 9.